The van der Waals surface area contributed by atoms with Crippen molar-refractivity contribution in [3.63, 3.8) is 0 Å². The Morgan fingerprint density at radius 1 is 0.571 bits per heavy atom. The van der Waals surface area contributed by atoms with Crippen LogP contribution in [0.5, 0.6) is 11.5 Å². The van der Waals surface area contributed by atoms with Crippen LogP contribution in [0.3, 0.4) is 0 Å². The fourth-order valence-corrected chi connectivity index (χ4v) is 10.7. The summed E-state index contributed by atoms with van der Waals surface area (Å²) in [6, 6.07) is 28.8. The van der Waals surface area contributed by atoms with Gasteiger partial charge in [-0.15, -0.1) is 0 Å². The van der Waals surface area contributed by atoms with E-state index in [1.54, 1.807) is 79.0 Å². The number of fused-ring (bicyclic) bond motifs is 11. The van der Waals surface area contributed by atoms with E-state index in [0.29, 0.717) is 22.7 Å². The number of rotatable bonds is 6. The second-order valence-corrected chi connectivity index (χ2v) is 20.3. The van der Waals surface area contributed by atoms with Crippen molar-refractivity contribution in [2.45, 2.75) is 77.2 Å². The van der Waals surface area contributed by atoms with E-state index in [2.05, 4.69) is 27.1 Å². The van der Waals surface area contributed by atoms with E-state index in [1.165, 1.54) is 21.3 Å². The lowest BCUT2D eigenvalue weighted by molar-refractivity contribution is -0.570. The zero-order valence-electron chi connectivity index (χ0n) is 68.6. The molecule has 77 heavy (non-hydrogen) atoms. The molecule has 0 saturated heterocycles. The molecule has 9 aromatic carbocycles. The summed E-state index contributed by atoms with van der Waals surface area (Å²) in [5.41, 5.74) is -13.0. The van der Waals surface area contributed by atoms with Crippen LogP contribution in [0.1, 0.15) is 115 Å². The summed E-state index contributed by atoms with van der Waals surface area (Å²) in [7, 11) is 0. The van der Waals surface area contributed by atoms with Crippen LogP contribution in [0.25, 0.3) is 106 Å². The SMILES string of the molecule is [2H]c1c([2H])c([2H])c2c(c1[2H])-c1cccc(-c3c([2H])c([2H])c4c(c3[2H])C(C([2H])([2H])[2H])(C([2H])([2H])[2H])C([2H])([2H])C([2H])([2H])C4(C([2H])([2H])[2H])C([2H])([2H])[2H])c1-[n+]1[c-]n(-c3cccc(Oc4ccc5c6ccccc6n(-c6cc(C(C)(C)C)ccn6)c5c4)c3)c3cc(-c4ccccc4)cc(c31)-c1c([2H])c([2H])c([2H])c([2H])c1-2. The van der Waals surface area contributed by atoms with E-state index in [1.807, 2.05) is 53.1 Å². The van der Waals surface area contributed by atoms with Crippen molar-refractivity contribution in [3.05, 3.63) is 235 Å². The molecule has 0 amide bonds. The third-order valence-electron chi connectivity index (χ3n) is 14.4. The van der Waals surface area contributed by atoms with Crippen LogP contribution in [0.15, 0.2) is 212 Å². The van der Waals surface area contributed by atoms with Gasteiger partial charge in [-0.3, -0.25) is 13.7 Å². The second-order valence-electron chi connectivity index (χ2n) is 20.3. The van der Waals surface area contributed by atoms with Gasteiger partial charge in [0, 0.05) is 45.0 Å². The van der Waals surface area contributed by atoms with Gasteiger partial charge in [-0.2, -0.15) is 0 Å². The number of aromatic nitrogens is 4. The Morgan fingerprint density at radius 2 is 1.25 bits per heavy atom. The summed E-state index contributed by atoms with van der Waals surface area (Å²) in [5.74, 6) is 1.27. The molecule has 0 N–H and O–H groups in total. The molecule has 0 bridgehead atoms. The van der Waals surface area contributed by atoms with Gasteiger partial charge in [-0.1, -0.05) is 194 Å². The molecule has 1 aliphatic carbocycles. The molecule has 14 rings (SSSR count). The molecule has 4 heterocycles. The third kappa shape index (κ3) is 7.65. The third-order valence-corrected chi connectivity index (χ3v) is 14.4. The van der Waals surface area contributed by atoms with Gasteiger partial charge in [-0.05, 0) is 156 Å². The molecule has 3 aromatic heterocycles. The summed E-state index contributed by atoms with van der Waals surface area (Å²) < 4.78 is 265. The van der Waals surface area contributed by atoms with Gasteiger partial charge in [-0.25, -0.2) is 4.98 Å². The van der Waals surface area contributed by atoms with Crippen LogP contribution in [-0.2, 0) is 16.2 Å². The van der Waals surface area contributed by atoms with E-state index in [4.69, 9.17) is 26.2 Å². The molecule has 0 atom stereocenters. The lowest BCUT2D eigenvalue weighted by Gasteiger charge is -2.42. The lowest BCUT2D eigenvalue weighted by atomic mass is 9.63. The number of hydrogen-bond donors (Lipinski definition) is 0. The fraction of sp³-hybridized carbons (Fsp3) is 0.167. The number of pyridine rings is 1. The summed E-state index contributed by atoms with van der Waals surface area (Å²) in [6.45, 7) is -11.3. The Bertz CT molecular complexity index is 5650. The van der Waals surface area contributed by atoms with Gasteiger partial charge >= 0.3 is 0 Å². The van der Waals surface area contributed by atoms with Gasteiger partial charge in [0.2, 0.25) is 0 Å². The van der Waals surface area contributed by atoms with Gasteiger partial charge in [0.25, 0.3) is 6.33 Å². The number of ether oxygens (including phenoxy) is 1. The first-order valence-corrected chi connectivity index (χ1v) is 24.8. The molecule has 0 radical (unpaired) electrons. The van der Waals surface area contributed by atoms with Crippen LogP contribution in [-0.4, -0.2) is 14.1 Å². The molecule has 0 spiro atoms. The zero-order chi connectivity index (χ0) is 75.5. The first-order chi connectivity index (χ1) is 48.4. The van der Waals surface area contributed by atoms with E-state index in [-0.39, 0.29) is 44.6 Å². The minimum atomic E-state index is -4.69. The Kier molecular flexibility index (Phi) is 5.94. The number of nitrogens with zero attached hydrogens (tertiary/aromatic N) is 4. The largest absolute Gasteiger partial charge is 0.458 e. The van der Waals surface area contributed by atoms with Crippen molar-refractivity contribution in [2.24, 2.45) is 0 Å². The summed E-state index contributed by atoms with van der Waals surface area (Å²) >= 11 is 0. The van der Waals surface area contributed by atoms with Crippen molar-refractivity contribution in [2.75, 3.05) is 0 Å². The first kappa shape index (κ1) is 26.3. The smallest absolute Gasteiger partial charge is 0.269 e. The van der Waals surface area contributed by atoms with Crippen molar-refractivity contribution in [1.29, 1.82) is 0 Å². The Morgan fingerprint density at radius 3 is 2.01 bits per heavy atom. The van der Waals surface area contributed by atoms with Crippen LogP contribution in [0.4, 0.5) is 0 Å². The second kappa shape index (κ2) is 17.4. The number of benzene rings is 9. The number of imidazole rings is 1. The van der Waals surface area contributed by atoms with Gasteiger partial charge in [0.05, 0.1) is 48.5 Å². The van der Waals surface area contributed by atoms with E-state index in [0.717, 1.165) is 33.4 Å². The summed E-state index contributed by atoms with van der Waals surface area (Å²) in [4.78, 5) is 4.83. The molecule has 2 aliphatic rings. The van der Waals surface area contributed by atoms with E-state index >= 15 is 0 Å². The molecule has 5 nitrogen and oxygen atoms in total. The topological polar surface area (TPSA) is 35.9 Å². The predicted molar refractivity (Wildman–Crippen MR) is 317 cm³/mol. The highest BCUT2D eigenvalue weighted by Crippen LogP contribution is 2.50. The maximum Gasteiger partial charge on any atom is 0.269 e. The fourth-order valence-electron chi connectivity index (χ4n) is 10.7. The molecule has 0 unspecified atom stereocenters. The molecule has 0 fully saturated rings. The molecular weight excluding hydrogens is 937 g/mol. The zero-order valence-corrected chi connectivity index (χ0v) is 41.6. The van der Waals surface area contributed by atoms with Crippen LogP contribution < -0.4 is 9.30 Å². The van der Waals surface area contributed by atoms with Crippen molar-refractivity contribution >= 4 is 32.8 Å². The quantitative estimate of drug-likeness (QED) is 0.123. The van der Waals surface area contributed by atoms with E-state index in [9.17, 15) is 20.6 Å². The van der Waals surface area contributed by atoms with Crippen LogP contribution in [0, 0.1) is 6.33 Å². The summed E-state index contributed by atoms with van der Waals surface area (Å²) in [6.07, 6.45) is -4.20. The van der Waals surface area contributed by atoms with Gasteiger partial charge < -0.3 is 4.74 Å². The molecule has 374 valence electrons. The molecule has 0 saturated carbocycles. The highest BCUT2D eigenvalue weighted by Gasteiger charge is 2.37. The Balaban J connectivity index is 1.14. The highest BCUT2D eigenvalue weighted by molar-refractivity contribution is 6.09. The molecule has 5 heteroatoms. The highest BCUT2D eigenvalue weighted by atomic mass is 16.5. The standard InChI is InChI=1S/C72H60N4O/c1-70(2,3)49-35-38-73-67(42-49)76-64-30-16-15-27-58(64)59-33-32-52(44-65(59)76)77-51-22-17-21-50(43-51)74-45-75-68-53(47-31-34-62-63(40-47)72(6,7)37-36-71(62,4)5)28-18-29-60(68)56-25-13-11-23-54(56)55-24-12-14-26-57(55)61-39-48(41-66(74)69(61)75)46-19-9-8-10-20-46/h8-35,38-44H,36-37H2,1-7H3/i4D3,5D3,6D3,7D3,11D,12D,13D,14D,23D,24D,25D,26D,31D,34D,36D2,37D2,40D. The maximum absolute atomic E-state index is 10.5. The first-order valence-electron chi connectivity index (χ1n) is 38.3. The molecule has 1 aliphatic heterocycles. The molecular formula is C72H60N4O. The minimum Gasteiger partial charge on any atom is -0.458 e. The van der Waals surface area contributed by atoms with Crippen molar-refractivity contribution < 1.29 is 46.3 Å². The normalized spacial score (nSPS) is 21.3. The minimum absolute atomic E-state index is 0.0729. The molecule has 12 aromatic rings. The number of para-hydroxylation sites is 2. The van der Waals surface area contributed by atoms with Crippen molar-refractivity contribution in [1.82, 2.24) is 14.1 Å². The van der Waals surface area contributed by atoms with Gasteiger partial charge in [0.1, 0.15) is 17.3 Å². The Hall–Kier alpha value is -8.80. The number of hydrogen-bond acceptors (Lipinski definition) is 2. The average Bonchev–Trinajstić information content (AvgIpc) is 0.763. The average molecular weight is 1020 g/mol. The van der Waals surface area contributed by atoms with Gasteiger partial charge in [0.15, 0.2) is 0 Å². The summed E-state index contributed by atoms with van der Waals surface area (Å²) in [5, 5.41) is 1.84. The maximum atomic E-state index is 10.5. The van der Waals surface area contributed by atoms with Crippen LogP contribution >= 0.6 is 0 Å². The Labute approximate surface area is 489 Å². The van der Waals surface area contributed by atoms with Crippen LogP contribution in [0.2, 0.25) is 0 Å². The van der Waals surface area contributed by atoms with Crippen molar-refractivity contribution in [3.8, 4) is 84.3 Å². The lowest BCUT2D eigenvalue weighted by Crippen LogP contribution is -2.34. The predicted octanol–water partition coefficient (Wildman–Crippen LogP) is 18.3. The van der Waals surface area contributed by atoms with E-state index < -0.39 is 162 Å². The monoisotopic (exact) mass is 1020 g/mol.